The average Bonchev–Trinajstić information content (AvgIpc) is 2.95. The number of fused-ring (bicyclic) bond motifs is 1. The minimum Gasteiger partial charge on any atom is -0.493 e. The number of alkyl halides is 3. The van der Waals surface area contributed by atoms with Crippen molar-refractivity contribution in [1.29, 1.82) is 0 Å². The molecule has 0 spiro atoms. The van der Waals surface area contributed by atoms with E-state index in [2.05, 4.69) is 11.7 Å². The lowest BCUT2D eigenvalue weighted by molar-refractivity contribution is -0.276. The summed E-state index contributed by atoms with van der Waals surface area (Å²) in [7, 11) is 0. The SMILES string of the molecule is CCCCCCCOc1ccc(CCc2ccc3c(F)c(CCc4cc(F)c(OC(F)(F)F)c(F)c4)ccc3c2)c(F)c1. The fourth-order valence-electron chi connectivity index (χ4n) is 4.98. The molecule has 0 saturated heterocycles. The van der Waals surface area contributed by atoms with Gasteiger partial charge in [0, 0.05) is 11.5 Å². The third-order valence-electron chi connectivity index (χ3n) is 7.28. The Kier molecular flexibility index (Phi) is 10.9. The van der Waals surface area contributed by atoms with Gasteiger partial charge < -0.3 is 9.47 Å². The first kappa shape index (κ1) is 32.2. The molecular weight excluding hydrogens is 573 g/mol. The Morgan fingerprint density at radius 2 is 1.30 bits per heavy atom. The van der Waals surface area contributed by atoms with E-state index in [4.69, 9.17) is 4.74 Å². The number of unbranched alkanes of at least 4 members (excludes halogenated alkanes) is 4. The average molecular weight is 607 g/mol. The van der Waals surface area contributed by atoms with E-state index in [0.717, 1.165) is 30.5 Å². The van der Waals surface area contributed by atoms with Crippen LogP contribution in [-0.4, -0.2) is 13.0 Å². The second-order valence-electron chi connectivity index (χ2n) is 10.5. The molecule has 4 aromatic rings. The molecule has 0 amide bonds. The molecule has 4 aromatic carbocycles. The Hall–Kier alpha value is -3.75. The molecule has 0 aliphatic heterocycles. The highest BCUT2D eigenvalue weighted by atomic mass is 19.4. The van der Waals surface area contributed by atoms with Crippen molar-refractivity contribution >= 4 is 10.8 Å². The quantitative estimate of drug-likeness (QED) is 0.105. The molecule has 0 atom stereocenters. The molecule has 0 aromatic heterocycles. The molecule has 0 N–H and O–H groups in total. The van der Waals surface area contributed by atoms with Gasteiger partial charge in [0.15, 0.2) is 11.6 Å². The van der Waals surface area contributed by atoms with E-state index in [0.29, 0.717) is 47.1 Å². The number of halogens is 7. The zero-order valence-electron chi connectivity index (χ0n) is 23.8. The zero-order chi connectivity index (χ0) is 31.0. The van der Waals surface area contributed by atoms with Crippen LogP contribution in [0.4, 0.5) is 30.7 Å². The van der Waals surface area contributed by atoms with Crippen LogP contribution >= 0.6 is 0 Å². The number of ether oxygens (including phenoxy) is 2. The topological polar surface area (TPSA) is 18.5 Å². The van der Waals surface area contributed by atoms with Crippen molar-refractivity contribution in [3.63, 3.8) is 0 Å². The molecule has 2 nitrogen and oxygen atoms in total. The molecule has 0 saturated carbocycles. The normalized spacial score (nSPS) is 11.7. The summed E-state index contributed by atoms with van der Waals surface area (Å²) in [5, 5.41) is 1.00. The Bertz CT molecular complexity index is 1510. The molecule has 9 heteroatoms. The molecule has 0 aliphatic rings. The van der Waals surface area contributed by atoms with Gasteiger partial charge in [-0.2, -0.15) is 0 Å². The second kappa shape index (κ2) is 14.6. The summed E-state index contributed by atoms with van der Waals surface area (Å²) in [6, 6.07) is 14.9. The van der Waals surface area contributed by atoms with E-state index in [9.17, 15) is 26.3 Å². The Morgan fingerprint density at radius 1 is 0.628 bits per heavy atom. The van der Waals surface area contributed by atoms with Crippen molar-refractivity contribution in [2.24, 2.45) is 0 Å². The van der Waals surface area contributed by atoms with Gasteiger partial charge in [-0.05, 0) is 77.9 Å². The van der Waals surface area contributed by atoms with Gasteiger partial charge >= 0.3 is 6.36 Å². The van der Waals surface area contributed by atoms with E-state index < -0.39 is 29.6 Å². The summed E-state index contributed by atoms with van der Waals surface area (Å²) in [6.45, 7) is 2.72. The summed E-state index contributed by atoms with van der Waals surface area (Å²) in [5.74, 6) is -4.82. The van der Waals surface area contributed by atoms with Gasteiger partial charge in [0.05, 0.1) is 6.61 Å². The number of rotatable bonds is 14. The van der Waals surface area contributed by atoms with E-state index in [1.807, 2.05) is 6.07 Å². The lowest BCUT2D eigenvalue weighted by Crippen LogP contribution is -2.19. The van der Waals surface area contributed by atoms with Crippen LogP contribution < -0.4 is 9.47 Å². The molecule has 43 heavy (non-hydrogen) atoms. The number of aryl methyl sites for hydroxylation is 4. The van der Waals surface area contributed by atoms with Crippen molar-refractivity contribution in [3.05, 3.63) is 106 Å². The van der Waals surface area contributed by atoms with Crippen LogP contribution in [0.1, 0.15) is 61.3 Å². The van der Waals surface area contributed by atoms with Crippen LogP contribution in [0, 0.1) is 23.3 Å². The minimum atomic E-state index is -5.23. The Balaban J connectivity index is 1.35. The number of benzene rings is 4. The highest BCUT2D eigenvalue weighted by molar-refractivity contribution is 5.84. The number of hydrogen-bond acceptors (Lipinski definition) is 2. The summed E-state index contributed by atoms with van der Waals surface area (Å²) >= 11 is 0. The fraction of sp³-hybridized carbons (Fsp3) is 0.353. The lowest BCUT2D eigenvalue weighted by Gasteiger charge is -2.12. The maximum atomic E-state index is 15.3. The van der Waals surface area contributed by atoms with E-state index in [-0.39, 0.29) is 24.2 Å². The predicted molar refractivity (Wildman–Crippen MR) is 152 cm³/mol. The monoisotopic (exact) mass is 606 g/mol. The van der Waals surface area contributed by atoms with Crippen LogP contribution in [0.3, 0.4) is 0 Å². The fourth-order valence-corrected chi connectivity index (χ4v) is 4.98. The smallest absolute Gasteiger partial charge is 0.493 e. The van der Waals surface area contributed by atoms with Gasteiger partial charge in [0.2, 0.25) is 5.75 Å². The molecule has 230 valence electrons. The molecule has 0 fully saturated rings. The van der Waals surface area contributed by atoms with E-state index in [1.165, 1.54) is 25.3 Å². The molecular formula is C34H33F7O2. The Morgan fingerprint density at radius 3 is 2.00 bits per heavy atom. The van der Waals surface area contributed by atoms with Crippen LogP contribution in [0.2, 0.25) is 0 Å². The van der Waals surface area contributed by atoms with Gasteiger partial charge in [-0.25, -0.2) is 17.6 Å². The van der Waals surface area contributed by atoms with Crippen LogP contribution in [0.5, 0.6) is 11.5 Å². The second-order valence-corrected chi connectivity index (χ2v) is 10.5. The largest absolute Gasteiger partial charge is 0.573 e. The molecule has 0 heterocycles. The first-order chi connectivity index (χ1) is 20.5. The molecule has 0 unspecified atom stereocenters. The maximum absolute atomic E-state index is 15.3. The van der Waals surface area contributed by atoms with Crippen molar-refractivity contribution in [1.82, 2.24) is 0 Å². The highest BCUT2D eigenvalue weighted by Crippen LogP contribution is 2.30. The van der Waals surface area contributed by atoms with E-state index in [1.54, 1.807) is 36.4 Å². The van der Waals surface area contributed by atoms with Crippen LogP contribution in [-0.2, 0) is 25.7 Å². The first-order valence-electron chi connectivity index (χ1n) is 14.4. The minimum absolute atomic E-state index is 0.00496. The van der Waals surface area contributed by atoms with Crippen molar-refractivity contribution < 1.29 is 40.2 Å². The third-order valence-corrected chi connectivity index (χ3v) is 7.28. The van der Waals surface area contributed by atoms with Gasteiger partial charge in [-0.15, -0.1) is 13.2 Å². The highest BCUT2D eigenvalue weighted by Gasteiger charge is 2.34. The molecule has 0 radical (unpaired) electrons. The molecule has 0 aliphatic carbocycles. The van der Waals surface area contributed by atoms with Gasteiger partial charge in [0.1, 0.15) is 17.4 Å². The van der Waals surface area contributed by atoms with Crippen molar-refractivity contribution in [3.8, 4) is 11.5 Å². The first-order valence-corrected chi connectivity index (χ1v) is 14.4. The van der Waals surface area contributed by atoms with E-state index >= 15 is 4.39 Å². The Labute approximate surface area is 246 Å². The van der Waals surface area contributed by atoms with Gasteiger partial charge in [-0.3, -0.25) is 0 Å². The summed E-state index contributed by atoms with van der Waals surface area (Å²) in [6.07, 6.45) is 1.40. The van der Waals surface area contributed by atoms with Crippen molar-refractivity contribution in [2.75, 3.05) is 6.61 Å². The molecule has 4 rings (SSSR count). The molecule has 0 bridgehead atoms. The summed E-state index contributed by atoms with van der Waals surface area (Å²) in [4.78, 5) is 0. The van der Waals surface area contributed by atoms with Crippen LogP contribution in [0.15, 0.2) is 60.7 Å². The number of hydrogen-bond donors (Lipinski definition) is 0. The lowest BCUT2D eigenvalue weighted by atomic mass is 9.97. The van der Waals surface area contributed by atoms with Gasteiger partial charge in [-0.1, -0.05) is 69.0 Å². The standard InChI is InChI=1S/C34H33F7O2/c1-2-3-4-5-6-17-42-27-15-14-24(29(35)21-27)10-7-22-9-16-28-26(18-22)13-12-25(32(28)38)11-8-23-19-30(36)33(31(37)20-23)43-34(39,40)41/h9,12-16,18-21H,2-8,10-11,17H2,1H3. The summed E-state index contributed by atoms with van der Waals surface area (Å²) < 4.78 is 104. The van der Waals surface area contributed by atoms with Crippen molar-refractivity contribution in [2.45, 2.75) is 71.1 Å². The van der Waals surface area contributed by atoms with Gasteiger partial charge in [0.25, 0.3) is 0 Å². The maximum Gasteiger partial charge on any atom is 0.573 e. The third kappa shape index (κ3) is 9.12. The summed E-state index contributed by atoms with van der Waals surface area (Å²) in [5.41, 5.74) is 1.82. The zero-order valence-corrected chi connectivity index (χ0v) is 23.8. The predicted octanol–water partition coefficient (Wildman–Crippen LogP) is 10.2. The van der Waals surface area contributed by atoms with Crippen LogP contribution in [0.25, 0.3) is 10.8 Å².